The number of anilines is 2. The van der Waals surface area contributed by atoms with Crippen LogP contribution in [0.4, 0.5) is 11.4 Å². The molecule has 3 aromatic carbocycles. The number of aromatic nitrogens is 1. The van der Waals surface area contributed by atoms with E-state index in [-0.39, 0.29) is 17.4 Å². The first-order valence-corrected chi connectivity index (χ1v) is 10.8. The molecule has 0 aliphatic heterocycles. The van der Waals surface area contributed by atoms with Gasteiger partial charge in [0.05, 0.1) is 17.0 Å². The summed E-state index contributed by atoms with van der Waals surface area (Å²) < 4.78 is 0. The molecule has 0 bridgehead atoms. The van der Waals surface area contributed by atoms with E-state index in [2.05, 4.69) is 22.2 Å². The maximum Gasteiger partial charge on any atom is 0.255 e. The van der Waals surface area contributed by atoms with Crippen LogP contribution in [0.2, 0.25) is 0 Å². The van der Waals surface area contributed by atoms with Gasteiger partial charge in [0.25, 0.3) is 11.8 Å². The number of benzene rings is 3. The van der Waals surface area contributed by atoms with Crippen LogP contribution in [0.25, 0.3) is 22.5 Å². The van der Waals surface area contributed by atoms with Gasteiger partial charge in [0.1, 0.15) is 0 Å². The third kappa shape index (κ3) is 5.48. The van der Waals surface area contributed by atoms with Gasteiger partial charge in [-0.05, 0) is 54.6 Å². The number of nitrogens with zero attached hydrogens (tertiary/aromatic N) is 1. The van der Waals surface area contributed by atoms with Crippen LogP contribution in [0, 0.1) is 0 Å². The molecule has 0 spiro atoms. The molecule has 0 fully saturated rings. The largest absolute Gasteiger partial charge is 0.366 e. The second kappa shape index (κ2) is 10.3. The van der Waals surface area contributed by atoms with Crippen molar-refractivity contribution >= 4 is 29.1 Å². The van der Waals surface area contributed by atoms with E-state index >= 15 is 0 Å². The van der Waals surface area contributed by atoms with Crippen molar-refractivity contribution in [2.45, 2.75) is 0 Å². The Morgan fingerprint density at radius 3 is 2.00 bits per heavy atom. The van der Waals surface area contributed by atoms with Gasteiger partial charge in [-0.2, -0.15) is 0 Å². The van der Waals surface area contributed by atoms with Gasteiger partial charge in [0.2, 0.25) is 5.91 Å². The lowest BCUT2D eigenvalue weighted by molar-refractivity contribution is -0.111. The van der Waals surface area contributed by atoms with E-state index in [0.29, 0.717) is 33.9 Å². The molecule has 7 heteroatoms. The number of hydrogen-bond donors (Lipinski definition) is 3. The van der Waals surface area contributed by atoms with Gasteiger partial charge in [-0.1, -0.05) is 49.0 Å². The second-order valence-electron chi connectivity index (χ2n) is 7.63. The lowest BCUT2D eigenvalue weighted by Crippen LogP contribution is -2.14. The SMILES string of the molecule is C=CC(=O)Nc1ccc(-c2ccc(C(N)=O)c(-c3ccc(C(=O)Nc4ccccc4)cc3)n2)cc1. The van der Waals surface area contributed by atoms with Gasteiger partial charge >= 0.3 is 0 Å². The summed E-state index contributed by atoms with van der Waals surface area (Å²) >= 11 is 0. The van der Waals surface area contributed by atoms with E-state index in [4.69, 9.17) is 5.73 Å². The van der Waals surface area contributed by atoms with E-state index in [1.807, 2.05) is 30.3 Å². The van der Waals surface area contributed by atoms with E-state index < -0.39 is 5.91 Å². The summed E-state index contributed by atoms with van der Waals surface area (Å²) in [4.78, 5) is 40.8. The highest BCUT2D eigenvalue weighted by Gasteiger charge is 2.15. The summed E-state index contributed by atoms with van der Waals surface area (Å²) in [5.41, 5.74) is 10.1. The summed E-state index contributed by atoms with van der Waals surface area (Å²) in [6.45, 7) is 3.43. The fraction of sp³-hybridized carbons (Fsp3) is 0. The number of carbonyl (C=O) groups is 3. The molecular formula is C28H22N4O3. The Kier molecular flexibility index (Phi) is 6.78. The molecule has 0 saturated heterocycles. The van der Waals surface area contributed by atoms with Gasteiger partial charge in [0.15, 0.2) is 0 Å². The summed E-state index contributed by atoms with van der Waals surface area (Å²) in [5, 5.41) is 5.53. The third-order valence-electron chi connectivity index (χ3n) is 5.25. The van der Waals surface area contributed by atoms with Crippen molar-refractivity contribution in [3.8, 4) is 22.5 Å². The summed E-state index contributed by atoms with van der Waals surface area (Å²) in [7, 11) is 0. The van der Waals surface area contributed by atoms with Crippen molar-refractivity contribution in [3.05, 3.63) is 115 Å². The average Bonchev–Trinajstić information content (AvgIpc) is 2.89. The molecule has 0 atom stereocenters. The smallest absolute Gasteiger partial charge is 0.255 e. The molecular weight excluding hydrogens is 440 g/mol. The zero-order valence-electron chi connectivity index (χ0n) is 18.7. The number of para-hydroxylation sites is 1. The van der Waals surface area contributed by atoms with Crippen LogP contribution in [0.1, 0.15) is 20.7 Å². The molecule has 172 valence electrons. The van der Waals surface area contributed by atoms with Crippen LogP contribution in [0.3, 0.4) is 0 Å². The molecule has 4 rings (SSSR count). The van der Waals surface area contributed by atoms with Crippen molar-refractivity contribution in [2.24, 2.45) is 5.73 Å². The van der Waals surface area contributed by atoms with Gasteiger partial charge in [-0.3, -0.25) is 14.4 Å². The number of hydrogen-bond acceptors (Lipinski definition) is 4. The predicted octanol–water partition coefficient (Wildman–Crippen LogP) is 4.89. The van der Waals surface area contributed by atoms with Crippen molar-refractivity contribution in [2.75, 3.05) is 10.6 Å². The Hall–Kier alpha value is -5.04. The van der Waals surface area contributed by atoms with E-state index in [9.17, 15) is 14.4 Å². The molecule has 0 aliphatic rings. The van der Waals surface area contributed by atoms with Gasteiger partial charge in [0, 0.05) is 28.1 Å². The number of nitrogens with two attached hydrogens (primary N) is 1. The fourth-order valence-corrected chi connectivity index (χ4v) is 3.46. The summed E-state index contributed by atoms with van der Waals surface area (Å²) in [5.74, 6) is -1.15. The molecule has 0 radical (unpaired) electrons. The van der Waals surface area contributed by atoms with Gasteiger partial charge < -0.3 is 16.4 Å². The second-order valence-corrected chi connectivity index (χ2v) is 7.63. The highest BCUT2D eigenvalue weighted by atomic mass is 16.2. The van der Waals surface area contributed by atoms with Crippen LogP contribution >= 0.6 is 0 Å². The van der Waals surface area contributed by atoms with Gasteiger partial charge in [-0.25, -0.2) is 4.98 Å². The molecule has 1 aromatic heterocycles. The lowest BCUT2D eigenvalue weighted by Gasteiger charge is -2.11. The molecule has 1 heterocycles. The van der Waals surface area contributed by atoms with E-state index in [0.717, 1.165) is 5.56 Å². The standard InChI is InChI=1S/C28H22N4O3/c1-2-25(33)30-22-14-12-18(13-15-22)24-17-16-23(27(29)34)26(32-24)19-8-10-20(11-9-19)28(35)31-21-6-4-3-5-7-21/h2-17H,1H2,(H2,29,34)(H,30,33)(H,31,35). The molecule has 7 nitrogen and oxygen atoms in total. The van der Waals surface area contributed by atoms with Crippen LogP contribution < -0.4 is 16.4 Å². The molecule has 0 saturated carbocycles. The Morgan fingerprint density at radius 2 is 1.37 bits per heavy atom. The fourth-order valence-electron chi connectivity index (χ4n) is 3.46. The normalized spacial score (nSPS) is 10.3. The molecule has 35 heavy (non-hydrogen) atoms. The topological polar surface area (TPSA) is 114 Å². The first-order valence-electron chi connectivity index (χ1n) is 10.8. The average molecular weight is 463 g/mol. The number of carbonyl (C=O) groups excluding carboxylic acids is 3. The van der Waals surface area contributed by atoms with Crippen molar-refractivity contribution in [1.29, 1.82) is 0 Å². The number of primary amides is 1. The van der Waals surface area contributed by atoms with Crippen LogP contribution in [-0.2, 0) is 4.79 Å². The van der Waals surface area contributed by atoms with E-state index in [1.54, 1.807) is 60.7 Å². The maximum absolute atomic E-state index is 12.6. The number of rotatable bonds is 7. The van der Waals surface area contributed by atoms with Crippen molar-refractivity contribution in [1.82, 2.24) is 4.98 Å². The van der Waals surface area contributed by atoms with E-state index in [1.165, 1.54) is 6.08 Å². The van der Waals surface area contributed by atoms with Crippen LogP contribution in [-0.4, -0.2) is 22.7 Å². The molecule has 0 unspecified atom stereocenters. The monoisotopic (exact) mass is 462 g/mol. The summed E-state index contributed by atoms with van der Waals surface area (Å²) in [6, 6.07) is 26.4. The minimum Gasteiger partial charge on any atom is -0.366 e. The van der Waals surface area contributed by atoms with Crippen molar-refractivity contribution in [3.63, 3.8) is 0 Å². The lowest BCUT2D eigenvalue weighted by atomic mass is 10.0. The number of amides is 3. The first kappa shape index (κ1) is 23.1. The minimum atomic E-state index is -0.604. The molecule has 4 aromatic rings. The Morgan fingerprint density at radius 1 is 0.743 bits per heavy atom. The molecule has 0 aliphatic carbocycles. The summed E-state index contributed by atoms with van der Waals surface area (Å²) in [6.07, 6.45) is 1.20. The first-order chi connectivity index (χ1) is 16.9. The maximum atomic E-state index is 12.6. The Labute approximate surface area is 202 Å². The predicted molar refractivity (Wildman–Crippen MR) is 137 cm³/mol. The van der Waals surface area contributed by atoms with Crippen LogP contribution in [0.15, 0.2) is 104 Å². The Bertz CT molecular complexity index is 1400. The Balaban J connectivity index is 1.61. The highest BCUT2D eigenvalue weighted by Crippen LogP contribution is 2.27. The molecule has 3 amide bonds. The highest BCUT2D eigenvalue weighted by molar-refractivity contribution is 6.05. The third-order valence-corrected chi connectivity index (χ3v) is 5.25. The zero-order valence-corrected chi connectivity index (χ0v) is 18.7. The number of nitrogens with one attached hydrogen (secondary N) is 2. The van der Waals surface area contributed by atoms with Crippen molar-refractivity contribution < 1.29 is 14.4 Å². The number of pyridine rings is 1. The zero-order chi connectivity index (χ0) is 24.8. The van der Waals surface area contributed by atoms with Gasteiger partial charge in [-0.15, -0.1) is 0 Å². The van der Waals surface area contributed by atoms with Crippen LogP contribution in [0.5, 0.6) is 0 Å². The molecule has 4 N–H and O–H groups in total. The quantitative estimate of drug-likeness (QED) is 0.339. The minimum absolute atomic E-state index is 0.247.